The number of ether oxygens (including phenoxy) is 2. The lowest BCUT2D eigenvalue weighted by atomic mass is 10.1. The Balaban J connectivity index is 3.02. The summed E-state index contributed by atoms with van der Waals surface area (Å²) in [5, 5.41) is 0. The molecule has 1 rings (SSSR count). The van der Waals surface area contributed by atoms with Gasteiger partial charge >= 0.3 is 5.97 Å². The number of methoxy groups -OCH3 is 1. The summed E-state index contributed by atoms with van der Waals surface area (Å²) in [5.41, 5.74) is 0.834. The van der Waals surface area contributed by atoms with E-state index < -0.39 is 0 Å². The lowest BCUT2D eigenvalue weighted by molar-refractivity contribution is -0.137. The average Bonchev–Trinajstić information content (AvgIpc) is 2.31. The summed E-state index contributed by atoms with van der Waals surface area (Å²) >= 11 is 0. The van der Waals surface area contributed by atoms with Gasteiger partial charge in [-0.05, 0) is 25.1 Å². The molecule has 0 aromatic heterocycles. The Labute approximate surface area is 102 Å². The van der Waals surface area contributed by atoms with Crippen molar-refractivity contribution in [3.63, 3.8) is 0 Å². The van der Waals surface area contributed by atoms with Crippen LogP contribution in [0, 0.1) is 5.92 Å². The average molecular weight is 234 g/mol. The molecule has 3 nitrogen and oxygen atoms in total. The first kappa shape index (κ1) is 13.3. The van der Waals surface area contributed by atoms with Gasteiger partial charge in [-0.15, -0.1) is 0 Å². The summed E-state index contributed by atoms with van der Waals surface area (Å²) in [6, 6.07) is 5.35. The van der Waals surface area contributed by atoms with Gasteiger partial charge < -0.3 is 9.47 Å². The van der Waals surface area contributed by atoms with Crippen LogP contribution in [0.3, 0.4) is 0 Å². The van der Waals surface area contributed by atoms with E-state index in [0.717, 1.165) is 11.3 Å². The standard InChI is InChI=1S/C14H18O3/c1-5-6-11-9-12(16-4)7-8-13(11)17-14(15)10(2)3/h5-10H,1-4H3/b6-5-. The minimum Gasteiger partial charge on any atom is -0.497 e. The predicted octanol–water partition coefficient (Wildman–Crippen LogP) is 3.29. The summed E-state index contributed by atoms with van der Waals surface area (Å²) in [7, 11) is 1.61. The fourth-order valence-corrected chi connectivity index (χ4v) is 1.28. The van der Waals surface area contributed by atoms with Crippen LogP contribution < -0.4 is 9.47 Å². The molecule has 0 N–H and O–H groups in total. The van der Waals surface area contributed by atoms with Gasteiger partial charge in [0, 0.05) is 5.56 Å². The molecule has 92 valence electrons. The molecule has 0 amide bonds. The molecule has 3 heteroatoms. The van der Waals surface area contributed by atoms with Gasteiger partial charge in [-0.25, -0.2) is 0 Å². The van der Waals surface area contributed by atoms with Crippen LogP contribution in [0.5, 0.6) is 11.5 Å². The zero-order valence-electron chi connectivity index (χ0n) is 10.7. The van der Waals surface area contributed by atoms with E-state index in [-0.39, 0.29) is 11.9 Å². The first-order valence-corrected chi connectivity index (χ1v) is 5.61. The predicted molar refractivity (Wildman–Crippen MR) is 68.2 cm³/mol. The first-order valence-electron chi connectivity index (χ1n) is 5.61. The van der Waals surface area contributed by atoms with Crippen molar-refractivity contribution < 1.29 is 14.3 Å². The molecule has 0 fully saturated rings. The molecule has 17 heavy (non-hydrogen) atoms. The molecule has 0 aliphatic rings. The topological polar surface area (TPSA) is 35.5 Å². The molecule has 0 radical (unpaired) electrons. The molecule has 0 aliphatic carbocycles. The van der Waals surface area contributed by atoms with E-state index in [1.54, 1.807) is 33.1 Å². The summed E-state index contributed by atoms with van der Waals surface area (Å²) in [6.07, 6.45) is 3.77. The summed E-state index contributed by atoms with van der Waals surface area (Å²) < 4.78 is 10.4. The fraction of sp³-hybridized carbons (Fsp3) is 0.357. The van der Waals surface area contributed by atoms with Crippen LogP contribution >= 0.6 is 0 Å². The summed E-state index contributed by atoms with van der Waals surface area (Å²) in [4.78, 5) is 11.5. The third-order valence-corrected chi connectivity index (χ3v) is 2.25. The highest BCUT2D eigenvalue weighted by Gasteiger charge is 2.12. The van der Waals surface area contributed by atoms with Gasteiger partial charge in [-0.2, -0.15) is 0 Å². The first-order chi connectivity index (χ1) is 8.08. The van der Waals surface area contributed by atoms with Crippen LogP contribution in [0.2, 0.25) is 0 Å². The van der Waals surface area contributed by atoms with Crippen molar-refractivity contribution in [1.29, 1.82) is 0 Å². The van der Waals surface area contributed by atoms with Gasteiger partial charge in [0.2, 0.25) is 0 Å². The molecule has 0 heterocycles. The Hall–Kier alpha value is -1.77. The van der Waals surface area contributed by atoms with Gasteiger partial charge in [-0.3, -0.25) is 4.79 Å². The van der Waals surface area contributed by atoms with Gasteiger partial charge in [0.1, 0.15) is 11.5 Å². The highest BCUT2D eigenvalue weighted by atomic mass is 16.5. The van der Waals surface area contributed by atoms with Crippen LogP contribution in [-0.2, 0) is 4.79 Å². The van der Waals surface area contributed by atoms with E-state index in [2.05, 4.69) is 0 Å². The van der Waals surface area contributed by atoms with Crippen molar-refractivity contribution in [2.45, 2.75) is 20.8 Å². The number of esters is 1. The van der Waals surface area contributed by atoms with Crippen molar-refractivity contribution in [1.82, 2.24) is 0 Å². The molecule has 0 saturated heterocycles. The van der Waals surface area contributed by atoms with E-state index in [1.165, 1.54) is 0 Å². The van der Waals surface area contributed by atoms with Crippen LogP contribution in [0.1, 0.15) is 26.3 Å². The molecule has 0 aliphatic heterocycles. The number of allylic oxidation sites excluding steroid dienone is 1. The Morgan fingerprint density at radius 1 is 1.35 bits per heavy atom. The lowest BCUT2D eigenvalue weighted by Gasteiger charge is -2.10. The normalized spacial score (nSPS) is 10.9. The molecule has 0 atom stereocenters. The second kappa shape index (κ2) is 6.09. The third kappa shape index (κ3) is 3.63. The van der Waals surface area contributed by atoms with Gasteiger partial charge in [0.25, 0.3) is 0 Å². The minimum absolute atomic E-state index is 0.143. The number of hydrogen-bond donors (Lipinski definition) is 0. The van der Waals surface area contributed by atoms with Gasteiger partial charge in [0.15, 0.2) is 0 Å². The number of hydrogen-bond acceptors (Lipinski definition) is 3. The second-order valence-corrected chi connectivity index (χ2v) is 3.98. The number of rotatable bonds is 4. The number of benzene rings is 1. The van der Waals surface area contributed by atoms with Crippen molar-refractivity contribution in [3.05, 3.63) is 29.8 Å². The Kier molecular flexibility index (Phi) is 4.76. The van der Waals surface area contributed by atoms with Crippen LogP contribution in [-0.4, -0.2) is 13.1 Å². The summed E-state index contributed by atoms with van der Waals surface area (Å²) in [6.45, 7) is 5.52. The number of carbonyl (C=O) groups is 1. The Morgan fingerprint density at radius 3 is 2.59 bits per heavy atom. The summed E-state index contributed by atoms with van der Waals surface area (Å²) in [5.74, 6) is 0.918. The van der Waals surface area contributed by atoms with E-state index >= 15 is 0 Å². The van der Waals surface area contributed by atoms with E-state index in [1.807, 2.05) is 25.1 Å². The maximum Gasteiger partial charge on any atom is 0.313 e. The zero-order valence-corrected chi connectivity index (χ0v) is 10.7. The van der Waals surface area contributed by atoms with E-state index in [9.17, 15) is 4.79 Å². The van der Waals surface area contributed by atoms with Gasteiger partial charge in [0.05, 0.1) is 13.0 Å². The molecular formula is C14H18O3. The largest absolute Gasteiger partial charge is 0.497 e. The van der Waals surface area contributed by atoms with Crippen molar-refractivity contribution in [2.24, 2.45) is 5.92 Å². The Morgan fingerprint density at radius 2 is 2.06 bits per heavy atom. The monoisotopic (exact) mass is 234 g/mol. The highest BCUT2D eigenvalue weighted by molar-refractivity contribution is 5.76. The van der Waals surface area contributed by atoms with E-state index in [4.69, 9.17) is 9.47 Å². The maximum atomic E-state index is 11.5. The van der Waals surface area contributed by atoms with Crippen LogP contribution in [0.25, 0.3) is 6.08 Å². The highest BCUT2D eigenvalue weighted by Crippen LogP contribution is 2.26. The molecule has 0 spiro atoms. The third-order valence-electron chi connectivity index (χ3n) is 2.25. The molecular weight excluding hydrogens is 216 g/mol. The smallest absolute Gasteiger partial charge is 0.313 e. The van der Waals surface area contributed by atoms with Crippen LogP contribution in [0.4, 0.5) is 0 Å². The molecule has 0 saturated carbocycles. The lowest BCUT2D eigenvalue weighted by Crippen LogP contribution is -2.15. The molecule has 1 aromatic carbocycles. The van der Waals surface area contributed by atoms with Crippen molar-refractivity contribution in [2.75, 3.05) is 7.11 Å². The van der Waals surface area contributed by atoms with Crippen molar-refractivity contribution >= 4 is 12.0 Å². The number of carbonyl (C=O) groups excluding carboxylic acids is 1. The second-order valence-electron chi connectivity index (χ2n) is 3.98. The minimum atomic E-state index is -0.235. The molecule has 0 unspecified atom stereocenters. The zero-order chi connectivity index (χ0) is 12.8. The fourth-order valence-electron chi connectivity index (χ4n) is 1.28. The van der Waals surface area contributed by atoms with Gasteiger partial charge in [-0.1, -0.05) is 26.0 Å². The maximum absolute atomic E-state index is 11.5. The van der Waals surface area contributed by atoms with Crippen LogP contribution in [0.15, 0.2) is 24.3 Å². The molecule has 1 aromatic rings. The quantitative estimate of drug-likeness (QED) is 0.592. The Bertz CT molecular complexity index is 419. The van der Waals surface area contributed by atoms with Crippen molar-refractivity contribution in [3.8, 4) is 11.5 Å². The van der Waals surface area contributed by atoms with E-state index in [0.29, 0.717) is 5.75 Å². The SMILES string of the molecule is C/C=C\c1cc(OC)ccc1OC(=O)C(C)C. The molecule has 0 bridgehead atoms.